The number of carbonyl (C=O) groups is 1. The Hall–Kier alpha value is -2.19. The summed E-state index contributed by atoms with van der Waals surface area (Å²) in [6.45, 7) is 5.90. The first kappa shape index (κ1) is 18.2. The second-order valence-corrected chi connectivity index (χ2v) is 7.85. The molecule has 2 aliphatic rings. The number of aryl methyl sites for hydroxylation is 1. The van der Waals surface area contributed by atoms with Crippen molar-refractivity contribution in [2.45, 2.75) is 45.3 Å². The zero-order valence-electron chi connectivity index (χ0n) is 16.0. The molecule has 2 atom stereocenters. The summed E-state index contributed by atoms with van der Waals surface area (Å²) in [7, 11) is 2.14. The minimum absolute atomic E-state index is 0.129. The third kappa shape index (κ3) is 3.51. The number of hydrogen-bond donors (Lipinski definition) is 1. The monoisotopic (exact) mass is 373 g/mol. The lowest BCUT2D eigenvalue weighted by Gasteiger charge is -2.53. The summed E-state index contributed by atoms with van der Waals surface area (Å²) in [5.74, 6) is 0.129. The van der Waals surface area contributed by atoms with Crippen molar-refractivity contribution in [2.24, 2.45) is 5.41 Å². The number of amides is 1. The average molecular weight is 373 g/mol. The minimum atomic E-state index is -0.342. The van der Waals surface area contributed by atoms with Crippen LogP contribution in [-0.2, 0) is 17.9 Å². The van der Waals surface area contributed by atoms with E-state index in [0.717, 1.165) is 51.1 Å². The Morgan fingerprint density at radius 2 is 2.26 bits per heavy atom. The summed E-state index contributed by atoms with van der Waals surface area (Å²) < 4.78 is 9.93. The topological polar surface area (TPSA) is 87.6 Å². The van der Waals surface area contributed by atoms with E-state index in [-0.39, 0.29) is 17.4 Å². The van der Waals surface area contributed by atoms with Gasteiger partial charge in [-0.25, -0.2) is 4.63 Å². The van der Waals surface area contributed by atoms with E-state index in [2.05, 4.69) is 32.5 Å². The van der Waals surface area contributed by atoms with Crippen LogP contribution in [0.4, 0.5) is 0 Å². The molecule has 0 spiro atoms. The summed E-state index contributed by atoms with van der Waals surface area (Å²) in [4.78, 5) is 18.1. The fraction of sp³-hybridized carbons (Fsp3) is 0.632. The molecular weight excluding hydrogens is 346 g/mol. The quantitative estimate of drug-likeness (QED) is 0.851. The van der Waals surface area contributed by atoms with Crippen LogP contribution in [0.2, 0.25) is 0 Å². The summed E-state index contributed by atoms with van der Waals surface area (Å²) >= 11 is 0. The Bertz CT molecular complexity index is 774. The lowest BCUT2D eigenvalue weighted by atomic mass is 9.67. The van der Waals surface area contributed by atoms with Gasteiger partial charge in [0.2, 0.25) is 5.91 Å². The van der Waals surface area contributed by atoms with E-state index < -0.39 is 0 Å². The van der Waals surface area contributed by atoms with Crippen molar-refractivity contribution < 1.29 is 13.8 Å². The fourth-order valence-corrected chi connectivity index (χ4v) is 4.60. The predicted octanol–water partition coefficient (Wildman–Crippen LogP) is 1.57. The second kappa shape index (κ2) is 7.44. The van der Waals surface area contributed by atoms with E-state index in [1.54, 1.807) is 12.5 Å². The van der Waals surface area contributed by atoms with Crippen LogP contribution in [0.5, 0.6) is 0 Å². The first-order valence-electron chi connectivity index (χ1n) is 9.58. The maximum Gasteiger partial charge on any atom is 0.228 e. The van der Waals surface area contributed by atoms with Crippen LogP contribution in [0.3, 0.4) is 0 Å². The lowest BCUT2D eigenvalue weighted by Crippen LogP contribution is -2.64. The molecule has 8 heteroatoms. The van der Waals surface area contributed by atoms with Crippen molar-refractivity contribution in [2.75, 3.05) is 26.7 Å². The van der Waals surface area contributed by atoms with Crippen molar-refractivity contribution in [3.63, 3.8) is 0 Å². The Balaban J connectivity index is 1.47. The Morgan fingerprint density at radius 3 is 3.00 bits per heavy atom. The first-order chi connectivity index (χ1) is 13.1. The van der Waals surface area contributed by atoms with Crippen molar-refractivity contribution in [3.8, 4) is 0 Å². The highest BCUT2D eigenvalue weighted by Crippen LogP contribution is 2.42. The number of aromatic nitrogens is 2. The Morgan fingerprint density at radius 1 is 1.37 bits per heavy atom. The number of rotatable bonds is 5. The van der Waals surface area contributed by atoms with E-state index >= 15 is 0 Å². The normalized spacial score (nSPS) is 26.7. The molecule has 4 rings (SSSR count). The lowest BCUT2D eigenvalue weighted by molar-refractivity contribution is -0.144. The number of hydrogen-bond acceptors (Lipinski definition) is 7. The molecule has 0 bridgehead atoms. The molecule has 0 radical (unpaired) electrons. The number of nitrogens with zero attached hydrogens (tertiary/aromatic N) is 4. The van der Waals surface area contributed by atoms with E-state index in [0.29, 0.717) is 12.2 Å². The molecule has 4 heterocycles. The van der Waals surface area contributed by atoms with Gasteiger partial charge in [0.05, 0.1) is 24.5 Å². The van der Waals surface area contributed by atoms with Crippen LogP contribution in [0, 0.1) is 12.3 Å². The second-order valence-electron chi connectivity index (χ2n) is 7.85. The third-order valence-electron chi connectivity index (χ3n) is 6.21. The molecule has 0 aliphatic carbocycles. The maximum absolute atomic E-state index is 13.3. The van der Waals surface area contributed by atoms with Gasteiger partial charge in [-0.1, -0.05) is 10.3 Å². The first-order valence-corrected chi connectivity index (χ1v) is 9.58. The zero-order chi connectivity index (χ0) is 18.9. The van der Waals surface area contributed by atoms with E-state index in [1.807, 2.05) is 13.0 Å². The summed E-state index contributed by atoms with van der Waals surface area (Å²) in [5.41, 5.74) is 2.25. The smallest absolute Gasteiger partial charge is 0.228 e. The Kier molecular flexibility index (Phi) is 5.01. The molecule has 0 aromatic carbocycles. The summed E-state index contributed by atoms with van der Waals surface area (Å²) in [5, 5.41) is 10.8. The van der Waals surface area contributed by atoms with Gasteiger partial charge in [0.25, 0.3) is 0 Å². The van der Waals surface area contributed by atoms with Gasteiger partial charge in [0.1, 0.15) is 11.4 Å². The van der Waals surface area contributed by atoms with Gasteiger partial charge in [-0.3, -0.25) is 9.69 Å². The van der Waals surface area contributed by atoms with Gasteiger partial charge in [-0.2, -0.15) is 0 Å². The van der Waals surface area contributed by atoms with E-state index in [1.165, 1.54) is 5.56 Å². The van der Waals surface area contributed by atoms with Crippen LogP contribution in [-0.4, -0.2) is 58.7 Å². The zero-order valence-corrected chi connectivity index (χ0v) is 16.0. The van der Waals surface area contributed by atoms with Crippen molar-refractivity contribution in [1.29, 1.82) is 0 Å². The van der Waals surface area contributed by atoms with Crippen LogP contribution in [0.15, 0.2) is 27.6 Å². The molecule has 2 saturated heterocycles. The Labute approximate surface area is 158 Å². The SMILES string of the molecule is Cc1nonc1CNC(=O)[C@@]12CCCN(C)[C@H]1CN(Cc1ccoc1)CC2. The fourth-order valence-electron chi connectivity index (χ4n) is 4.60. The molecular formula is C19H27N5O3. The van der Waals surface area contributed by atoms with Gasteiger partial charge in [-0.05, 0) is 52.4 Å². The predicted molar refractivity (Wildman–Crippen MR) is 97.6 cm³/mol. The highest BCUT2D eigenvalue weighted by molar-refractivity contribution is 5.83. The molecule has 8 nitrogen and oxygen atoms in total. The van der Waals surface area contributed by atoms with Gasteiger partial charge >= 0.3 is 0 Å². The number of likely N-dealkylation sites (tertiary alicyclic amines) is 2. The van der Waals surface area contributed by atoms with Gasteiger partial charge in [-0.15, -0.1) is 0 Å². The molecule has 2 fully saturated rings. The van der Waals surface area contributed by atoms with Crippen LogP contribution < -0.4 is 5.32 Å². The third-order valence-corrected chi connectivity index (χ3v) is 6.21. The van der Waals surface area contributed by atoms with Gasteiger partial charge in [0, 0.05) is 24.7 Å². The van der Waals surface area contributed by atoms with Crippen molar-refractivity contribution in [3.05, 3.63) is 35.5 Å². The maximum atomic E-state index is 13.3. The largest absolute Gasteiger partial charge is 0.472 e. The van der Waals surface area contributed by atoms with Gasteiger partial charge < -0.3 is 14.6 Å². The average Bonchev–Trinajstić information content (AvgIpc) is 3.32. The molecule has 0 unspecified atom stereocenters. The van der Waals surface area contributed by atoms with Crippen LogP contribution in [0.25, 0.3) is 0 Å². The number of furan rings is 1. The molecule has 146 valence electrons. The molecule has 2 aromatic heterocycles. The number of piperidine rings is 2. The van der Waals surface area contributed by atoms with Gasteiger partial charge in [0.15, 0.2) is 0 Å². The molecule has 1 amide bonds. The molecule has 2 aliphatic heterocycles. The molecule has 0 saturated carbocycles. The van der Waals surface area contributed by atoms with Crippen molar-refractivity contribution in [1.82, 2.24) is 25.4 Å². The summed E-state index contributed by atoms with van der Waals surface area (Å²) in [6.07, 6.45) is 6.36. The van der Waals surface area contributed by atoms with E-state index in [4.69, 9.17) is 9.05 Å². The number of likely N-dealkylation sites (N-methyl/N-ethyl adjacent to an activating group) is 1. The molecule has 27 heavy (non-hydrogen) atoms. The van der Waals surface area contributed by atoms with Crippen LogP contribution >= 0.6 is 0 Å². The number of nitrogens with one attached hydrogen (secondary N) is 1. The number of fused-ring (bicyclic) bond motifs is 1. The van der Waals surface area contributed by atoms with Crippen molar-refractivity contribution >= 4 is 5.91 Å². The highest BCUT2D eigenvalue weighted by Gasteiger charge is 2.51. The van der Waals surface area contributed by atoms with Crippen LogP contribution in [0.1, 0.15) is 36.2 Å². The van der Waals surface area contributed by atoms with E-state index in [9.17, 15) is 4.79 Å². The molecule has 1 N–H and O–H groups in total. The number of carbonyl (C=O) groups excluding carboxylic acids is 1. The standard InChI is InChI=1S/C19H27N5O3/c1-14-16(22-27-21-14)10-20-18(25)19-5-3-7-23(2)17(19)12-24(8-6-19)11-15-4-9-26-13-15/h4,9,13,17H,3,5-8,10-12H2,1-2H3,(H,20,25)/t17-,19+/m0/s1. The minimum Gasteiger partial charge on any atom is -0.472 e. The summed E-state index contributed by atoms with van der Waals surface area (Å²) in [6, 6.07) is 2.22. The highest BCUT2D eigenvalue weighted by atomic mass is 16.6. The molecule has 2 aromatic rings.